The molecule has 0 aliphatic rings. The maximum Gasteiger partial charge on any atom is 0.280 e. The normalized spacial score (nSPS) is 10.1. The lowest BCUT2D eigenvalue weighted by atomic mass is 9.99. The molecule has 0 aliphatic carbocycles. The van der Waals surface area contributed by atoms with E-state index in [0.717, 1.165) is 16.8 Å². The van der Waals surface area contributed by atoms with Crippen molar-refractivity contribution in [1.29, 1.82) is 0 Å². The lowest BCUT2D eigenvalue weighted by Gasteiger charge is -2.14. The van der Waals surface area contributed by atoms with Crippen LogP contribution in [0.4, 0.5) is 10.5 Å². The van der Waals surface area contributed by atoms with E-state index in [1.165, 1.54) is 11.1 Å². The minimum Gasteiger partial charge on any atom is -0.317 e. The van der Waals surface area contributed by atoms with Gasteiger partial charge in [-0.05, 0) is 49.9 Å². The molecule has 2 nitrogen and oxygen atoms in total. The molecule has 0 saturated carbocycles. The summed E-state index contributed by atoms with van der Waals surface area (Å²) in [6.45, 7) is 8.08. The standard InChI is InChI=1S/C11H15NOS/c1-6-5-7(2)9(4)10(8(6)3)12-11(13)14/h5H,1-4H3,(H2,12,13,14). The number of hydrogen-bond donors (Lipinski definition) is 2. The Labute approximate surface area is 90.1 Å². The Bertz CT molecular complexity index is 359. The van der Waals surface area contributed by atoms with Crippen LogP contribution in [0.5, 0.6) is 0 Å². The van der Waals surface area contributed by atoms with Gasteiger partial charge in [-0.25, -0.2) is 0 Å². The largest absolute Gasteiger partial charge is 0.317 e. The van der Waals surface area contributed by atoms with E-state index >= 15 is 0 Å². The summed E-state index contributed by atoms with van der Waals surface area (Å²) in [5.41, 5.74) is 5.48. The highest BCUT2D eigenvalue weighted by Crippen LogP contribution is 2.26. The van der Waals surface area contributed by atoms with Gasteiger partial charge in [-0.2, -0.15) is 0 Å². The molecule has 1 aromatic rings. The summed E-state index contributed by atoms with van der Waals surface area (Å²) in [5, 5.41) is 2.43. The second-order valence-corrected chi connectivity index (χ2v) is 3.97. The maximum atomic E-state index is 10.9. The second-order valence-electron chi connectivity index (χ2n) is 3.57. The molecule has 0 saturated heterocycles. The van der Waals surface area contributed by atoms with Crippen LogP contribution in [0.2, 0.25) is 0 Å². The molecule has 0 aromatic heterocycles. The Hall–Kier alpha value is -0.960. The highest BCUT2D eigenvalue weighted by atomic mass is 32.1. The molecule has 3 heteroatoms. The summed E-state index contributed by atoms with van der Waals surface area (Å²) in [4.78, 5) is 10.9. The summed E-state index contributed by atoms with van der Waals surface area (Å²) in [7, 11) is 0. The van der Waals surface area contributed by atoms with Gasteiger partial charge in [-0.3, -0.25) is 4.79 Å². The van der Waals surface area contributed by atoms with Gasteiger partial charge in [-0.1, -0.05) is 18.7 Å². The van der Waals surface area contributed by atoms with Gasteiger partial charge in [-0.15, -0.1) is 0 Å². The van der Waals surface area contributed by atoms with Crippen molar-refractivity contribution in [2.45, 2.75) is 27.7 Å². The first-order valence-electron chi connectivity index (χ1n) is 4.51. The van der Waals surface area contributed by atoms with Crippen molar-refractivity contribution in [1.82, 2.24) is 0 Å². The maximum absolute atomic E-state index is 10.9. The third-order valence-electron chi connectivity index (χ3n) is 2.60. The van der Waals surface area contributed by atoms with Crippen LogP contribution >= 0.6 is 12.6 Å². The Morgan fingerprint density at radius 1 is 1.14 bits per heavy atom. The number of nitrogens with one attached hydrogen (secondary N) is 1. The van der Waals surface area contributed by atoms with Gasteiger partial charge in [0.2, 0.25) is 0 Å². The second kappa shape index (κ2) is 4.05. The van der Waals surface area contributed by atoms with Crippen molar-refractivity contribution in [2.24, 2.45) is 0 Å². The zero-order valence-corrected chi connectivity index (χ0v) is 9.83. The van der Waals surface area contributed by atoms with Crippen molar-refractivity contribution in [3.05, 3.63) is 28.3 Å². The number of anilines is 1. The molecule has 1 amide bonds. The van der Waals surface area contributed by atoms with Gasteiger partial charge in [0.15, 0.2) is 0 Å². The number of rotatable bonds is 1. The fraction of sp³-hybridized carbons (Fsp3) is 0.364. The Balaban J connectivity index is 3.31. The molecule has 0 atom stereocenters. The van der Waals surface area contributed by atoms with Crippen LogP contribution in [-0.2, 0) is 0 Å². The Kier molecular flexibility index (Phi) is 3.21. The number of amides is 1. The van der Waals surface area contributed by atoms with E-state index in [0.29, 0.717) is 0 Å². The van der Waals surface area contributed by atoms with E-state index in [2.05, 4.69) is 24.0 Å². The van der Waals surface area contributed by atoms with Crippen LogP contribution in [0.1, 0.15) is 22.3 Å². The predicted molar refractivity (Wildman–Crippen MR) is 63.4 cm³/mol. The van der Waals surface area contributed by atoms with Gasteiger partial charge in [0.1, 0.15) is 0 Å². The summed E-state index contributed by atoms with van der Waals surface area (Å²) in [6, 6.07) is 2.12. The smallest absolute Gasteiger partial charge is 0.280 e. The summed E-state index contributed by atoms with van der Waals surface area (Å²) in [6.07, 6.45) is 0. The minimum atomic E-state index is -0.318. The number of carbonyl (C=O) groups is 1. The van der Waals surface area contributed by atoms with Crippen molar-refractivity contribution >= 4 is 23.6 Å². The van der Waals surface area contributed by atoms with Crippen LogP contribution in [0.3, 0.4) is 0 Å². The molecule has 0 aliphatic heterocycles. The van der Waals surface area contributed by atoms with E-state index in [9.17, 15) is 4.79 Å². The minimum absolute atomic E-state index is 0.318. The van der Waals surface area contributed by atoms with E-state index in [1.54, 1.807) is 0 Å². The fourth-order valence-electron chi connectivity index (χ4n) is 1.51. The number of aryl methyl sites for hydroxylation is 2. The summed E-state index contributed by atoms with van der Waals surface area (Å²) in [5.74, 6) is 0. The highest BCUT2D eigenvalue weighted by molar-refractivity contribution is 7.96. The molecule has 0 unspecified atom stereocenters. The SMILES string of the molecule is Cc1cc(C)c(C)c(NC(=O)S)c1C. The quantitative estimate of drug-likeness (QED) is 0.682. The molecule has 14 heavy (non-hydrogen) atoms. The molecule has 0 fully saturated rings. The topological polar surface area (TPSA) is 29.1 Å². The Morgan fingerprint density at radius 2 is 1.57 bits per heavy atom. The lowest BCUT2D eigenvalue weighted by molar-refractivity contribution is 0.270. The summed E-state index contributed by atoms with van der Waals surface area (Å²) < 4.78 is 0. The lowest BCUT2D eigenvalue weighted by Crippen LogP contribution is -2.06. The molecular weight excluding hydrogens is 194 g/mol. The molecule has 1 rings (SSSR count). The zero-order chi connectivity index (χ0) is 10.9. The van der Waals surface area contributed by atoms with Crippen molar-refractivity contribution in [3.63, 3.8) is 0 Å². The first-order chi connectivity index (χ1) is 6.43. The Morgan fingerprint density at radius 3 is 1.93 bits per heavy atom. The van der Waals surface area contributed by atoms with Crippen LogP contribution < -0.4 is 5.32 Å². The molecule has 0 spiro atoms. The first-order valence-corrected chi connectivity index (χ1v) is 4.95. The molecule has 1 aromatic carbocycles. The van der Waals surface area contributed by atoms with Gasteiger partial charge in [0.25, 0.3) is 5.24 Å². The van der Waals surface area contributed by atoms with E-state index < -0.39 is 0 Å². The van der Waals surface area contributed by atoms with E-state index in [4.69, 9.17) is 0 Å². The van der Waals surface area contributed by atoms with Crippen LogP contribution in [0, 0.1) is 27.7 Å². The van der Waals surface area contributed by atoms with E-state index in [1.807, 2.05) is 27.7 Å². The molecule has 1 N–H and O–H groups in total. The van der Waals surface area contributed by atoms with Gasteiger partial charge in [0, 0.05) is 5.69 Å². The predicted octanol–water partition coefficient (Wildman–Crippen LogP) is 3.38. The van der Waals surface area contributed by atoms with Gasteiger partial charge >= 0.3 is 0 Å². The molecule has 76 valence electrons. The molecule has 0 heterocycles. The third kappa shape index (κ3) is 2.10. The molecule has 0 bridgehead atoms. The van der Waals surface area contributed by atoms with Crippen LogP contribution in [-0.4, -0.2) is 5.24 Å². The molecule has 0 radical (unpaired) electrons. The number of hydrogen-bond acceptors (Lipinski definition) is 1. The molecular formula is C11H15NOS. The van der Waals surface area contributed by atoms with Crippen molar-refractivity contribution in [2.75, 3.05) is 5.32 Å². The van der Waals surface area contributed by atoms with Crippen molar-refractivity contribution < 1.29 is 4.79 Å². The zero-order valence-electron chi connectivity index (χ0n) is 8.93. The fourth-order valence-corrected chi connectivity index (χ4v) is 1.62. The van der Waals surface area contributed by atoms with Crippen molar-refractivity contribution in [3.8, 4) is 0 Å². The number of thiol groups is 1. The average molecular weight is 209 g/mol. The van der Waals surface area contributed by atoms with Gasteiger partial charge in [0.05, 0.1) is 0 Å². The summed E-state index contributed by atoms with van der Waals surface area (Å²) >= 11 is 3.72. The highest BCUT2D eigenvalue weighted by Gasteiger charge is 2.09. The van der Waals surface area contributed by atoms with Gasteiger partial charge < -0.3 is 5.32 Å². The number of carbonyl (C=O) groups excluding carboxylic acids is 1. The number of benzene rings is 1. The first kappa shape index (κ1) is 11.1. The van der Waals surface area contributed by atoms with Crippen LogP contribution in [0.15, 0.2) is 6.07 Å². The van der Waals surface area contributed by atoms with E-state index in [-0.39, 0.29) is 5.24 Å². The monoisotopic (exact) mass is 209 g/mol. The average Bonchev–Trinajstić information content (AvgIpc) is 2.09. The third-order valence-corrected chi connectivity index (χ3v) is 2.71. The van der Waals surface area contributed by atoms with Crippen LogP contribution in [0.25, 0.3) is 0 Å².